The first-order valence-corrected chi connectivity index (χ1v) is 8.87. The minimum Gasteiger partial charge on any atom is -0.314 e. The number of piperidine rings is 1. The zero-order valence-corrected chi connectivity index (χ0v) is 12.8. The van der Waals surface area contributed by atoms with Gasteiger partial charge in [0.1, 0.15) is 0 Å². The smallest absolute Gasteiger partial charge is 0.214 e. The van der Waals surface area contributed by atoms with Crippen molar-refractivity contribution in [3.05, 3.63) is 0 Å². The van der Waals surface area contributed by atoms with E-state index in [-0.39, 0.29) is 0 Å². The van der Waals surface area contributed by atoms with Gasteiger partial charge in [-0.25, -0.2) is 12.7 Å². The average Bonchev–Trinajstić information content (AvgIpc) is 2.37. The molecular weight excluding hydrogens is 248 g/mol. The molecule has 1 fully saturated rings. The van der Waals surface area contributed by atoms with Crippen LogP contribution >= 0.6 is 0 Å². The molecule has 0 spiro atoms. The van der Waals surface area contributed by atoms with E-state index in [0.29, 0.717) is 30.8 Å². The summed E-state index contributed by atoms with van der Waals surface area (Å²) in [5, 5.41) is 3.48. The molecule has 2 atom stereocenters. The monoisotopic (exact) mass is 276 g/mol. The summed E-state index contributed by atoms with van der Waals surface area (Å²) in [6, 6.07) is 0.484. The van der Waals surface area contributed by atoms with Crippen LogP contribution in [0, 0.1) is 5.92 Å². The first-order valence-electron chi connectivity index (χ1n) is 7.26. The first kappa shape index (κ1) is 15.9. The van der Waals surface area contributed by atoms with Gasteiger partial charge in [-0.3, -0.25) is 0 Å². The minimum absolute atomic E-state index is 0.311. The zero-order valence-electron chi connectivity index (χ0n) is 12.0. The molecule has 0 amide bonds. The van der Waals surface area contributed by atoms with E-state index in [0.717, 1.165) is 32.2 Å². The summed E-state index contributed by atoms with van der Waals surface area (Å²) in [6.45, 7) is 8.63. The third-order valence-corrected chi connectivity index (χ3v) is 5.76. The molecule has 0 aromatic rings. The van der Waals surface area contributed by atoms with Crippen LogP contribution < -0.4 is 5.32 Å². The molecular formula is C13H28N2O2S. The third-order valence-electron chi connectivity index (χ3n) is 3.84. The van der Waals surface area contributed by atoms with Gasteiger partial charge < -0.3 is 5.32 Å². The Morgan fingerprint density at radius 2 is 2.00 bits per heavy atom. The molecule has 1 rings (SSSR count). The Labute approximate surface area is 112 Å². The summed E-state index contributed by atoms with van der Waals surface area (Å²) >= 11 is 0. The summed E-state index contributed by atoms with van der Waals surface area (Å²) < 4.78 is 26.1. The molecule has 0 aliphatic carbocycles. The van der Waals surface area contributed by atoms with E-state index >= 15 is 0 Å². The van der Waals surface area contributed by atoms with Gasteiger partial charge >= 0.3 is 0 Å². The van der Waals surface area contributed by atoms with Crippen molar-refractivity contribution in [3.63, 3.8) is 0 Å². The fraction of sp³-hybridized carbons (Fsp3) is 1.00. The molecule has 0 bridgehead atoms. The number of nitrogens with zero attached hydrogens (tertiary/aromatic N) is 1. The molecule has 1 aliphatic heterocycles. The molecule has 5 heteroatoms. The third kappa shape index (κ3) is 4.21. The molecule has 108 valence electrons. The van der Waals surface area contributed by atoms with E-state index in [2.05, 4.69) is 19.2 Å². The van der Waals surface area contributed by atoms with Gasteiger partial charge in [-0.2, -0.15) is 0 Å². The molecule has 18 heavy (non-hydrogen) atoms. The number of hydrogen-bond acceptors (Lipinski definition) is 3. The normalized spacial score (nSPS) is 26.4. The SMILES string of the molecule is CCCCS(=O)(=O)N1CCC(NCC)C(CC)C1. The van der Waals surface area contributed by atoms with E-state index in [4.69, 9.17) is 0 Å². The van der Waals surface area contributed by atoms with E-state index < -0.39 is 10.0 Å². The predicted molar refractivity (Wildman–Crippen MR) is 76.1 cm³/mol. The fourth-order valence-electron chi connectivity index (χ4n) is 2.65. The Morgan fingerprint density at radius 1 is 1.28 bits per heavy atom. The van der Waals surface area contributed by atoms with Crippen molar-refractivity contribution in [1.29, 1.82) is 0 Å². The van der Waals surface area contributed by atoms with Crippen molar-refractivity contribution in [3.8, 4) is 0 Å². The molecule has 0 aromatic carbocycles. The maximum Gasteiger partial charge on any atom is 0.214 e. The zero-order chi connectivity index (χ0) is 13.6. The van der Waals surface area contributed by atoms with Crippen molar-refractivity contribution in [1.82, 2.24) is 9.62 Å². The molecule has 0 aromatic heterocycles. The highest BCUT2D eigenvalue weighted by molar-refractivity contribution is 7.89. The van der Waals surface area contributed by atoms with Gasteiger partial charge in [0.2, 0.25) is 10.0 Å². The molecule has 2 unspecified atom stereocenters. The van der Waals surface area contributed by atoms with E-state index in [1.54, 1.807) is 4.31 Å². The molecule has 1 heterocycles. The minimum atomic E-state index is -3.02. The molecule has 1 aliphatic rings. The van der Waals surface area contributed by atoms with Gasteiger partial charge in [-0.1, -0.05) is 33.6 Å². The number of sulfonamides is 1. The van der Waals surface area contributed by atoms with Gasteiger partial charge in [0.25, 0.3) is 0 Å². The molecule has 1 saturated heterocycles. The van der Waals surface area contributed by atoms with Gasteiger partial charge in [0.05, 0.1) is 5.75 Å². The van der Waals surface area contributed by atoms with Crippen molar-refractivity contribution >= 4 is 10.0 Å². The summed E-state index contributed by atoms with van der Waals surface area (Å²) in [7, 11) is -3.02. The summed E-state index contributed by atoms with van der Waals surface area (Å²) in [6.07, 6.45) is 3.69. The van der Waals surface area contributed by atoms with E-state index in [1.165, 1.54) is 0 Å². The van der Waals surface area contributed by atoms with Crippen LogP contribution in [-0.4, -0.2) is 44.2 Å². The van der Waals surface area contributed by atoms with Crippen LogP contribution in [0.5, 0.6) is 0 Å². The van der Waals surface area contributed by atoms with Crippen molar-refractivity contribution in [2.24, 2.45) is 5.92 Å². The van der Waals surface area contributed by atoms with Gasteiger partial charge in [0.15, 0.2) is 0 Å². The fourth-order valence-corrected chi connectivity index (χ4v) is 4.37. The Hall–Kier alpha value is -0.130. The highest BCUT2D eigenvalue weighted by Gasteiger charge is 2.32. The number of hydrogen-bond donors (Lipinski definition) is 1. The maximum atomic E-state index is 12.2. The van der Waals surface area contributed by atoms with Gasteiger partial charge in [-0.15, -0.1) is 0 Å². The predicted octanol–water partition coefficient (Wildman–Crippen LogP) is 1.83. The number of unbranched alkanes of at least 4 members (excludes halogenated alkanes) is 1. The largest absolute Gasteiger partial charge is 0.314 e. The highest BCUT2D eigenvalue weighted by atomic mass is 32.2. The Morgan fingerprint density at radius 3 is 2.56 bits per heavy atom. The van der Waals surface area contributed by atoms with Crippen LogP contribution in [0.3, 0.4) is 0 Å². The standard InChI is InChI=1S/C13H28N2O2S/c1-4-7-10-18(16,17)15-9-8-13(14-6-3)12(5-2)11-15/h12-14H,4-11H2,1-3H3. The lowest BCUT2D eigenvalue weighted by Crippen LogP contribution is -2.51. The topological polar surface area (TPSA) is 49.4 Å². The van der Waals surface area contributed by atoms with Crippen LogP contribution in [0.4, 0.5) is 0 Å². The lowest BCUT2D eigenvalue weighted by molar-refractivity contribution is 0.204. The van der Waals surface area contributed by atoms with Crippen molar-refractivity contribution in [2.75, 3.05) is 25.4 Å². The first-order chi connectivity index (χ1) is 8.55. The summed E-state index contributed by atoms with van der Waals surface area (Å²) in [5.74, 6) is 0.765. The summed E-state index contributed by atoms with van der Waals surface area (Å²) in [5.41, 5.74) is 0. The van der Waals surface area contributed by atoms with Crippen LogP contribution in [0.1, 0.15) is 46.5 Å². The number of nitrogens with one attached hydrogen (secondary N) is 1. The van der Waals surface area contributed by atoms with Crippen LogP contribution in [0.15, 0.2) is 0 Å². The Kier molecular flexibility index (Phi) is 6.60. The summed E-state index contributed by atoms with van der Waals surface area (Å²) in [4.78, 5) is 0. The van der Waals surface area contributed by atoms with Gasteiger partial charge in [-0.05, 0) is 25.3 Å². The molecule has 0 radical (unpaired) electrons. The van der Waals surface area contributed by atoms with Crippen molar-refractivity contribution in [2.45, 2.75) is 52.5 Å². The lowest BCUT2D eigenvalue weighted by Gasteiger charge is -2.38. The Bertz CT molecular complexity index is 330. The van der Waals surface area contributed by atoms with E-state index in [9.17, 15) is 8.42 Å². The van der Waals surface area contributed by atoms with Crippen molar-refractivity contribution < 1.29 is 8.42 Å². The second kappa shape index (κ2) is 7.46. The molecule has 0 saturated carbocycles. The average molecular weight is 276 g/mol. The van der Waals surface area contributed by atoms with Gasteiger partial charge in [0, 0.05) is 19.1 Å². The number of rotatable bonds is 7. The Balaban J connectivity index is 2.61. The second-order valence-electron chi connectivity index (χ2n) is 5.15. The maximum absolute atomic E-state index is 12.2. The van der Waals surface area contributed by atoms with Crippen LogP contribution in [0.2, 0.25) is 0 Å². The van der Waals surface area contributed by atoms with Crippen LogP contribution in [0.25, 0.3) is 0 Å². The highest BCUT2D eigenvalue weighted by Crippen LogP contribution is 2.23. The second-order valence-corrected chi connectivity index (χ2v) is 7.24. The van der Waals surface area contributed by atoms with E-state index in [1.807, 2.05) is 6.92 Å². The lowest BCUT2D eigenvalue weighted by atomic mass is 9.91. The quantitative estimate of drug-likeness (QED) is 0.772. The molecule has 4 nitrogen and oxygen atoms in total. The molecule has 1 N–H and O–H groups in total. The van der Waals surface area contributed by atoms with Crippen LogP contribution in [-0.2, 0) is 10.0 Å².